The predicted molar refractivity (Wildman–Crippen MR) is 48.8 cm³/mol. The molecule has 0 aliphatic carbocycles. The van der Waals surface area contributed by atoms with E-state index >= 15 is 0 Å². The Morgan fingerprint density at radius 2 is 2.27 bits per heavy atom. The summed E-state index contributed by atoms with van der Waals surface area (Å²) >= 11 is 9.04. The highest BCUT2D eigenvalue weighted by Crippen LogP contribution is 2.20. The zero-order valence-corrected chi connectivity index (χ0v) is 7.98. The van der Waals surface area contributed by atoms with E-state index in [1.807, 2.05) is 12.1 Å². The molecule has 0 saturated heterocycles. The Balaban J connectivity index is 3.27. The third kappa shape index (κ3) is 1.74. The molecule has 0 amide bonds. The minimum absolute atomic E-state index is 0.518. The fourth-order valence-electron chi connectivity index (χ4n) is 0.805. The summed E-state index contributed by atoms with van der Waals surface area (Å²) in [6.45, 7) is 0. The second-order valence-corrected chi connectivity index (χ2v) is 2.99. The molecule has 0 radical (unpaired) electrons. The van der Waals surface area contributed by atoms with Crippen molar-refractivity contribution in [2.75, 3.05) is 0 Å². The van der Waals surface area contributed by atoms with Crippen molar-refractivity contribution >= 4 is 27.5 Å². The van der Waals surface area contributed by atoms with E-state index in [0.29, 0.717) is 15.9 Å². The van der Waals surface area contributed by atoms with E-state index in [1.54, 1.807) is 6.07 Å². The third-order valence-corrected chi connectivity index (χ3v) is 2.27. The van der Waals surface area contributed by atoms with Crippen LogP contribution in [-0.4, -0.2) is 0 Å². The molecule has 1 rings (SSSR count). The molecule has 1 aromatic rings. The highest BCUT2D eigenvalue weighted by atomic mass is 79.9. The van der Waals surface area contributed by atoms with Crippen LogP contribution < -0.4 is 0 Å². The Kier molecular flexibility index (Phi) is 2.92. The van der Waals surface area contributed by atoms with Crippen molar-refractivity contribution in [2.45, 2.75) is 5.33 Å². The summed E-state index contributed by atoms with van der Waals surface area (Å²) in [6.07, 6.45) is 0. The van der Waals surface area contributed by atoms with Crippen molar-refractivity contribution in [1.82, 2.24) is 0 Å². The minimum Gasteiger partial charge on any atom is -0.192 e. The Morgan fingerprint density at radius 3 is 2.73 bits per heavy atom. The maximum atomic E-state index is 8.68. The molecule has 0 fully saturated rings. The molecule has 0 spiro atoms. The predicted octanol–water partition coefficient (Wildman–Crippen LogP) is 3.11. The number of rotatable bonds is 1. The number of nitriles is 1. The Labute approximate surface area is 78.7 Å². The lowest BCUT2D eigenvalue weighted by Gasteiger charge is -1.99. The molecule has 0 heterocycles. The first-order valence-electron chi connectivity index (χ1n) is 3.03. The number of alkyl halides is 1. The largest absolute Gasteiger partial charge is 0.192 e. The second kappa shape index (κ2) is 3.75. The highest BCUT2D eigenvalue weighted by molar-refractivity contribution is 9.08. The number of halogens is 2. The Hall–Kier alpha value is -0.520. The summed E-state index contributed by atoms with van der Waals surface area (Å²) in [6, 6.07) is 7.47. The van der Waals surface area contributed by atoms with Crippen molar-refractivity contribution in [3.05, 3.63) is 34.3 Å². The van der Waals surface area contributed by atoms with E-state index < -0.39 is 0 Å². The topological polar surface area (TPSA) is 23.8 Å². The average molecular weight is 230 g/mol. The highest BCUT2D eigenvalue weighted by Gasteiger charge is 2.03. The zero-order valence-electron chi connectivity index (χ0n) is 5.64. The van der Waals surface area contributed by atoms with Crippen molar-refractivity contribution in [3.8, 4) is 6.07 Å². The smallest absolute Gasteiger partial charge is 0.101 e. The molecule has 3 heteroatoms. The van der Waals surface area contributed by atoms with E-state index in [0.717, 1.165) is 5.56 Å². The molecular formula is C8H5BrClN. The SMILES string of the molecule is N#Cc1c(Cl)cccc1CBr. The van der Waals surface area contributed by atoms with Crippen LogP contribution in [0.5, 0.6) is 0 Å². The molecule has 0 aliphatic heterocycles. The van der Waals surface area contributed by atoms with Crippen molar-refractivity contribution in [3.63, 3.8) is 0 Å². The maximum absolute atomic E-state index is 8.68. The first-order valence-corrected chi connectivity index (χ1v) is 4.53. The van der Waals surface area contributed by atoms with Crippen molar-refractivity contribution in [2.24, 2.45) is 0 Å². The van der Waals surface area contributed by atoms with Crippen molar-refractivity contribution in [1.29, 1.82) is 5.26 Å². The van der Waals surface area contributed by atoms with Gasteiger partial charge < -0.3 is 0 Å². The number of nitrogens with zero attached hydrogens (tertiary/aromatic N) is 1. The van der Waals surface area contributed by atoms with Crippen LogP contribution in [0.4, 0.5) is 0 Å². The molecule has 1 aromatic carbocycles. The lowest BCUT2D eigenvalue weighted by atomic mass is 10.1. The molecule has 0 aromatic heterocycles. The van der Waals surface area contributed by atoms with Gasteiger partial charge in [0, 0.05) is 5.33 Å². The molecule has 11 heavy (non-hydrogen) atoms. The van der Waals surface area contributed by atoms with Crippen LogP contribution in [-0.2, 0) is 5.33 Å². The fraction of sp³-hybridized carbons (Fsp3) is 0.125. The third-order valence-electron chi connectivity index (χ3n) is 1.36. The van der Waals surface area contributed by atoms with Gasteiger partial charge in [-0.2, -0.15) is 5.26 Å². The standard InChI is InChI=1S/C8H5BrClN/c9-4-6-2-1-3-8(10)7(6)5-11/h1-3H,4H2. The van der Waals surface area contributed by atoms with E-state index in [2.05, 4.69) is 22.0 Å². The summed E-state index contributed by atoms with van der Waals surface area (Å²) in [5.41, 5.74) is 1.49. The lowest BCUT2D eigenvalue weighted by molar-refractivity contribution is 1.37. The van der Waals surface area contributed by atoms with Gasteiger partial charge in [-0.05, 0) is 11.6 Å². The Morgan fingerprint density at radius 1 is 1.55 bits per heavy atom. The monoisotopic (exact) mass is 229 g/mol. The van der Waals surface area contributed by atoms with Crippen LogP contribution in [0.15, 0.2) is 18.2 Å². The summed E-state index contributed by atoms with van der Waals surface area (Å²) < 4.78 is 0. The zero-order chi connectivity index (χ0) is 8.27. The second-order valence-electron chi connectivity index (χ2n) is 2.02. The van der Waals surface area contributed by atoms with Gasteiger partial charge in [0.1, 0.15) is 6.07 Å². The van der Waals surface area contributed by atoms with Gasteiger partial charge in [-0.3, -0.25) is 0 Å². The van der Waals surface area contributed by atoms with Gasteiger partial charge in [-0.15, -0.1) is 0 Å². The normalized spacial score (nSPS) is 9.18. The Bertz CT molecular complexity index is 303. The number of benzene rings is 1. The van der Waals surface area contributed by atoms with E-state index in [4.69, 9.17) is 16.9 Å². The number of hydrogen-bond acceptors (Lipinski definition) is 1. The average Bonchev–Trinajstić information content (AvgIpc) is 2.04. The molecule has 0 unspecified atom stereocenters. The molecule has 1 nitrogen and oxygen atoms in total. The molecule has 0 saturated carbocycles. The lowest BCUT2D eigenvalue weighted by Crippen LogP contribution is -1.85. The van der Waals surface area contributed by atoms with Gasteiger partial charge in [0.25, 0.3) is 0 Å². The van der Waals surface area contributed by atoms with E-state index in [9.17, 15) is 0 Å². The molecular weight excluding hydrogens is 225 g/mol. The van der Waals surface area contributed by atoms with Gasteiger partial charge in [0.15, 0.2) is 0 Å². The molecule has 0 aliphatic rings. The molecule has 0 bridgehead atoms. The van der Waals surface area contributed by atoms with Crippen LogP contribution in [0.1, 0.15) is 11.1 Å². The summed E-state index contributed by atoms with van der Waals surface area (Å²) in [5.74, 6) is 0. The van der Waals surface area contributed by atoms with E-state index in [1.165, 1.54) is 0 Å². The summed E-state index contributed by atoms with van der Waals surface area (Å²) in [4.78, 5) is 0. The van der Waals surface area contributed by atoms with Gasteiger partial charge in [-0.25, -0.2) is 0 Å². The summed E-state index contributed by atoms with van der Waals surface area (Å²) in [5, 5.41) is 9.86. The fourth-order valence-corrected chi connectivity index (χ4v) is 1.51. The first kappa shape index (κ1) is 8.58. The van der Waals surface area contributed by atoms with Crippen LogP contribution in [0.25, 0.3) is 0 Å². The van der Waals surface area contributed by atoms with Crippen LogP contribution in [0.2, 0.25) is 5.02 Å². The van der Waals surface area contributed by atoms with Gasteiger partial charge in [0.2, 0.25) is 0 Å². The number of hydrogen-bond donors (Lipinski definition) is 0. The van der Waals surface area contributed by atoms with Crippen LogP contribution in [0, 0.1) is 11.3 Å². The molecule has 0 N–H and O–H groups in total. The van der Waals surface area contributed by atoms with E-state index in [-0.39, 0.29) is 0 Å². The van der Waals surface area contributed by atoms with Gasteiger partial charge in [0.05, 0.1) is 10.6 Å². The van der Waals surface area contributed by atoms with Crippen LogP contribution in [0.3, 0.4) is 0 Å². The summed E-state index contributed by atoms with van der Waals surface area (Å²) in [7, 11) is 0. The first-order chi connectivity index (χ1) is 5.29. The van der Waals surface area contributed by atoms with Crippen molar-refractivity contribution < 1.29 is 0 Å². The maximum Gasteiger partial charge on any atom is 0.101 e. The quantitative estimate of drug-likeness (QED) is 0.680. The molecule has 0 atom stereocenters. The molecule has 56 valence electrons. The minimum atomic E-state index is 0.518. The van der Waals surface area contributed by atoms with Crippen LogP contribution >= 0.6 is 27.5 Å². The van der Waals surface area contributed by atoms with Gasteiger partial charge in [-0.1, -0.05) is 39.7 Å². The van der Waals surface area contributed by atoms with Gasteiger partial charge >= 0.3 is 0 Å².